The summed E-state index contributed by atoms with van der Waals surface area (Å²) < 4.78 is 6.01. The molecule has 2 aromatic rings. The summed E-state index contributed by atoms with van der Waals surface area (Å²) in [5.41, 5.74) is 0. The molecule has 22 heavy (non-hydrogen) atoms. The summed E-state index contributed by atoms with van der Waals surface area (Å²) in [5, 5.41) is 5.19. The Morgan fingerprint density at radius 3 is 2.45 bits per heavy atom. The monoisotopic (exact) mass is 299 g/mol. The number of fused-ring (bicyclic) bond motifs is 1. The van der Waals surface area contributed by atoms with Crippen LogP contribution in [0, 0.1) is 5.92 Å². The van der Waals surface area contributed by atoms with Crippen LogP contribution in [0.15, 0.2) is 42.5 Å². The van der Waals surface area contributed by atoms with Crippen LogP contribution in [0.25, 0.3) is 10.8 Å². The number of carbonyl (C=O) groups excluding carboxylic acids is 1. The van der Waals surface area contributed by atoms with Crippen LogP contribution in [-0.4, -0.2) is 18.1 Å². The molecule has 0 saturated heterocycles. The van der Waals surface area contributed by atoms with Crippen molar-refractivity contribution in [2.75, 3.05) is 0 Å². The van der Waals surface area contributed by atoms with Crippen LogP contribution in [0.1, 0.15) is 34.1 Å². The Morgan fingerprint density at radius 2 is 1.77 bits per heavy atom. The normalized spacial score (nSPS) is 13.9. The molecular formula is C19H25NO2. The van der Waals surface area contributed by atoms with Gasteiger partial charge >= 0.3 is 0 Å². The van der Waals surface area contributed by atoms with Gasteiger partial charge in [-0.15, -0.1) is 0 Å². The average molecular weight is 299 g/mol. The van der Waals surface area contributed by atoms with Gasteiger partial charge in [-0.2, -0.15) is 0 Å². The van der Waals surface area contributed by atoms with E-state index in [9.17, 15) is 4.79 Å². The summed E-state index contributed by atoms with van der Waals surface area (Å²) >= 11 is 0. The van der Waals surface area contributed by atoms with Gasteiger partial charge in [0.05, 0.1) is 0 Å². The molecule has 0 aromatic heterocycles. The molecule has 0 aliphatic carbocycles. The van der Waals surface area contributed by atoms with Gasteiger partial charge in [0.15, 0.2) is 6.10 Å². The second-order valence-electron chi connectivity index (χ2n) is 6.03. The molecule has 118 valence electrons. The van der Waals surface area contributed by atoms with Gasteiger partial charge < -0.3 is 10.1 Å². The summed E-state index contributed by atoms with van der Waals surface area (Å²) in [6.45, 7) is 8.18. The number of hydrogen-bond acceptors (Lipinski definition) is 2. The van der Waals surface area contributed by atoms with Crippen LogP contribution in [0.4, 0.5) is 0 Å². The fraction of sp³-hybridized carbons (Fsp3) is 0.421. The fourth-order valence-electron chi connectivity index (χ4n) is 2.26. The van der Waals surface area contributed by atoms with Crippen molar-refractivity contribution < 1.29 is 9.53 Å². The first kappa shape index (κ1) is 16.3. The highest BCUT2D eigenvalue weighted by Crippen LogP contribution is 2.26. The predicted molar refractivity (Wildman–Crippen MR) is 91.1 cm³/mol. The number of amides is 1. The van der Waals surface area contributed by atoms with Crippen molar-refractivity contribution >= 4 is 16.7 Å². The number of hydrogen-bond donors (Lipinski definition) is 1. The Hall–Kier alpha value is -2.03. The maximum atomic E-state index is 12.4. The lowest BCUT2D eigenvalue weighted by Crippen LogP contribution is -2.44. The van der Waals surface area contributed by atoms with Gasteiger partial charge in [-0.25, -0.2) is 0 Å². The van der Waals surface area contributed by atoms with Gasteiger partial charge in [-0.05, 0) is 30.7 Å². The Balaban J connectivity index is 2.17. The number of benzene rings is 2. The maximum Gasteiger partial charge on any atom is 0.261 e. The molecule has 3 nitrogen and oxygen atoms in total. The largest absolute Gasteiger partial charge is 0.480 e. The van der Waals surface area contributed by atoms with Crippen LogP contribution in [0.2, 0.25) is 0 Å². The topological polar surface area (TPSA) is 38.3 Å². The van der Waals surface area contributed by atoms with Gasteiger partial charge in [0.1, 0.15) is 5.75 Å². The van der Waals surface area contributed by atoms with Crippen LogP contribution in [-0.2, 0) is 4.79 Å². The molecular weight excluding hydrogens is 274 g/mol. The van der Waals surface area contributed by atoms with Crippen molar-refractivity contribution in [1.82, 2.24) is 5.32 Å². The SMILES string of the molecule is CC[C@@H](Oc1cccc2ccccc12)C(=O)N[C@@H](C)C(C)C. The average Bonchev–Trinajstić information content (AvgIpc) is 2.52. The highest BCUT2D eigenvalue weighted by Gasteiger charge is 2.21. The molecule has 0 heterocycles. The second kappa shape index (κ2) is 7.30. The highest BCUT2D eigenvalue weighted by atomic mass is 16.5. The zero-order valence-corrected chi connectivity index (χ0v) is 13.8. The highest BCUT2D eigenvalue weighted by molar-refractivity contribution is 5.89. The number of ether oxygens (including phenoxy) is 1. The van der Waals surface area contributed by atoms with Crippen molar-refractivity contribution in [3.63, 3.8) is 0 Å². The van der Waals surface area contributed by atoms with E-state index in [1.807, 2.05) is 56.3 Å². The van der Waals surface area contributed by atoms with Crippen molar-refractivity contribution in [3.8, 4) is 5.75 Å². The van der Waals surface area contributed by atoms with Gasteiger partial charge in [0, 0.05) is 11.4 Å². The van der Waals surface area contributed by atoms with Crippen molar-refractivity contribution in [2.24, 2.45) is 5.92 Å². The van der Waals surface area contributed by atoms with E-state index in [0.717, 1.165) is 16.5 Å². The van der Waals surface area contributed by atoms with Crippen LogP contribution < -0.4 is 10.1 Å². The molecule has 0 saturated carbocycles. The van der Waals surface area contributed by atoms with E-state index in [4.69, 9.17) is 4.74 Å². The standard InChI is InChI=1S/C19H25NO2/c1-5-17(19(21)20-14(4)13(2)3)22-18-12-8-10-15-9-6-7-11-16(15)18/h6-14,17H,5H2,1-4H3,(H,20,21)/t14-,17+/m0/s1. The van der Waals surface area contributed by atoms with Crippen molar-refractivity contribution in [2.45, 2.75) is 46.3 Å². The van der Waals surface area contributed by atoms with Gasteiger partial charge in [-0.3, -0.25) is 4.79 Å². The van der Waals surface area contributed by atoms with E-state index in [-0.39, 0.29) is 11.9 Å². The number of nitrogens with one attached hydrogen (secondary N) is 1. The number of carbonyl (C=O) groups is 1. The van der Waals surface area contributed by atoms with E-state index >= 15 is 0 Å². The lowest BCUT2D eigenvalue weighted by molar-refractivity contribution is -0.129. The third kappa shape index (κ3) is 3.79. The minimum absolute atomic E-state index is 0.0448. The first-order valence-electron chi connectivity index (χ1n) is 7.97. The first-order valence-corrected chi connectivity index (χ1v) is 7.97. The maximum absolute atomic E-state index is 12.4. The van der Waals surface area contributed by atoms with Crippen LogP contribution in [0.5, 0.6) is 5.75 Å². The number of rotatable bonds is 6. The summed E-state index contributed by atoms with van der Waals surface area (Å²) in [7, 11) is 0. The molecule has 0 bridgehead atoms. The molecule has 2 rings (SSSR count). The third-order valence-electron chi connectivity index (χ3n) is 4.05. The Morgan fingerprint density at radius 1 is 1.09 bits per heavy atom. The summed E-state index contributed by atoms with van der Waals surface area (Å²) in [5.74, 6) is 1.12. The molecule has 0 spiro atoms. The lowest BCUT2D eigenvalue weighted by atomic mass is 10.1. The summed E-state index contributed by atoms with van der Waals surface area (Å²) in [6, 6.07) is 14.1. The molecule has 2 aromatic carbocycles. The molecule has 3 heteroatoms. The quantitative estimate of drug-likeness (QED) is 0.870. The predicted octanol–water partition coefficient (Wildman–Crippen LogP) is 4.16. The molecule has 0 aliphatic rings. The second-order valence-corrected chi connectivity index (χ2v) is 6.03. The van der Waals surface area contributed by atoms with E-state index in [1.54, 1.807) is 0 Å². The Bertz CT molecular complexity index is 631. The molecule has 0 radical (unpaired) electrons. The minimum atomic E-state index is -0.466. The summed E-state index contributed by atoms with van der Waals surface area (Å²) in [4.78, 5) is 12.4. The molecule has 0 unspecified atom stereocenters. The zero-order chi connectivity index (χ0) is 16.1. The lowest BCUT2D eigenvalue weighted by Gasteiger charge is -2.23. The van der Waals surface area contributed by atoms with Crippen LogP contribution in [0.3, 0.4) is 0 Å². The minimum Gasteiger partial charge on any atom is -0.480 e. The van der Waals surface area contributed by atoms with E-state index in [0.29, 0.717) is 12.3 Å². The molecule has 0 aliphatic heterocycles. The zero-order valence-electron chi connectivity index (χ0n) is 13.8. The molecule has 1 amide bonds. The van der Waals surface area contributed by atoms with Gasteiger partial charge in [0.2, 0.25) is 0 Å². The van der Waals surface area contributed by atoms with Gasteiger partial charge in [-0.1, -0.05) is 57.2 Å². The van der Waals surface area contributed by atoms with Crippen molar-refractivity contribution in [3.05, 3.63) is 42.5 Å². The van der Waals surface area contributed by atoms with Gasteiger partial charge in [0.25, 0.3) is 5.91 Å². The first-order chi connectivity index (χ1) is 10.5. The van der Waals surface area contributed by atoms with Crippen molar-refractivity contribution in [1.29, 1.82) is 0 Å². The molecule has 2 atom stereocenters. The van der Waals surface area contributed by atoms with E-state index in [2.05, 4.69) is 19.2 Å². The fourth-order valence-corrected chi connectivity index (χ4v) is 2.26. The molecule has 1 N–H and O–H groups in total. The van der Waals surface area contributed by atoms with E-state index < -0.39 is 6.10 Å². The molecule has 0 fully saturated rings. The summed E-state index contributed by atoms with van der Waals surface area (Å²) in [6.07, 6.45) is 0.173. The Labute approximate surface area is 132 Å². The van der Waals surface area contributed by atoms with E-state index in [1.165, 1.54) is 0 Å². The third-order valence-corrected chi connectivity index (χ3v) is 4.05. The smallest absolute Gasteiger partial charge is 0.261 e. The Kier molecular flexibility index (Phi) is 5.42. The van der Waals surface area contributed by atoms with Crippen LogP contribution >= 0.6 is 0 Å².